The van der Waals surface area contributed by atoms with Crippen molar-refractivity contribution < 1.29 is 44.1 Å². The van der Waals surface area contributed by atoms with Crippen LogP contribution in [0, 0.1) is 13.8 Å². The number of benzene rings is 1. The molecule has 0 radical (unpaired) electrons. The van der Waals surface area contributed by atoms with Crippen LogP contribution in [0.1, 0.15) is 100 Å². The van der Waals surface area contributed by atoms with E-state index in [4.69, 9.17) is 9.79 Å². The van der Waals surface area contributed by atoms with Crippen molar-refractivity contribution in [2.45, 2.75) is 122 Å². The van der Waals surface area contributed by atoms with E-state index in [0.717, 1.165) is 36.8 Å². The second-order valence-corrected chi connectivity index (χ2v) is 13.4. The monoisotopic (exact) mass is 682 g/mol. The molecule has 0 spiro atoms. The van der Waals surface area contributed by atoms with Gasteiger partial charge in [-0.25, -0.2) is 14.3 Å². The van der Waals surface area contributed by atoms with Gasteiger partial charge in [-0.05, 0) is 48.9 Å². The van der Waals surface area contributed by atoms with Crippen LogP contribution in [0.2, 0.25) is 0 Å². The maximum atomic E-state index is 13.0. The summed E-state index contributed by atoms with van der Waals surface area (Å²) in [6.45, 7) is 4.29. The topological polar surface area (TPSA) is 245 Å². The van der Waals surface area contributed by atoms with Crippen molar-refractivity contribution in [2.24, 2.45) is 0 Å². The Labute approximate surface area is 272 Å². The number of rotatable bonds is 20. The van der Waals surface area contributed by atoms with Crippen LogP contribution in [0.25, 0.3) is 22.6 Å². The molecule has 1 aromatic rings. The molecule has 0 saturated heterocycles. The smallest absolute Gasteiger partial charge is 0.469 e. The normalized spacial score (nSPS) is 14.8. The van der Waals surface area contributed by atoms with E-state index in [1.165, 1.54) is 36.7 Å². The van der Waals surface area contributed by atoms with Crippen LogP contribution in [0.15, 0.2) is 15.7 Å². The highest BCUT2D eigenvalue weighted by Gasteiger charge is 2.31. The zero-order chi connectivity index (χ0) is 34.9. The Bertz CT molecular complexity index is 1640. The van der Waals surface area contributed by atoms with Crippen molar-refractivity contribution in [2.75, 3.05) is 6.61 Å². The van der Waals surface area contributed by atoms with Gasteiger partial charge in [0.15, 0.2) is 11.5 Å². The van der Waals surface area contributed by atoms with Crippen LogP contribution in [0.4, 0.5) is 0 Å². The SMILES string of the molecule is CCCCCCCCCCCC(CC(=O)O)c1c(C)c(C)cc2c1nc1c(=O)[nH]c(=O)nc-1n2CC(O)C(O)C(O)COP(=O)(O)O. The Morgan fingerprint density at radius 2 is 1.60 bits per heavy atom. The number of carboxylic acid groups (broad SMARTS) is 1. The highest BCUT2D eigenvalue weighted by Crippen LogP contribution is 2.38. The maximum absolute atomic E-state index is 13.0. The summed E-state index contributed by atoms with van der Waals surface area (Å²) in [7, 11) is -4.98. The van der Waals surface area contributed by atoms with Crippen LogP contribution in [-0.4, -0.2) is 80.6 Å². The summed E-state index contributed by atoms with van der Waals surface area (Å²) >= 11 is 0. The van der Waals surface area contributed by atoms with E-state index in [1.807, 2.05) is 13.8 Å². The lowest BCUT2D eigenvalue weighted by atomic mass is 9.84. The predicted molar refractivity (Wildman–Crippen MR) is 173 cm³/mol. The van der Waals surface area contributed by atoms with Gasteiger partial charge in [0.25, 0.3) is 5.56 Å². The summed E-state index contributed by atoms with van der Waals surface area (Å²) in [4.78, 5) is 65.7. The highest BCUT2D eigenvalue weighted by molar-refractivity contribution is 7.46. The average molecular weight is 683 g/mol. The Morgan fingerprint density at radius 3 is 2.19 bits per heavy atom. The molecular formula is C31H47N4O11P. The molecule has 0 amide bonds. The van der Waals surface area contributed by atoms with Crippen molar-refractivity contribution in [1.82, 2.24) is 19.5 Å². The van der Waals surface area contributed by atoms with E-state index in [2.05, 4.69) is 26.4 Å². The molecule has 4 atom stereocenters. The van der Waals surface area contributed by atoms with Gasteiger partial charge in [-0.2, -0.15) is 4.98 Å². The van der Waals surface area contributed by atoms with Gasteiger partial charge >= 0.3 is 19.5 Å². The van der Waals surface area contributed by atoms with Gasteiger partial charge < -0.3 is 34.8 Å². The van der Waals surface area contributed by atoms with Gasteiger partial charge in [0, 0.05) is 0 Å². The fourth-order valence-electron chi connectivity index (χ4n) is 5.95. The van der Waals surface area contributed by atoms with Crippen LogP contribution in [0.5, 0.6) is 0 Å². The van der Waals surface area contributed by atoms with E-state index in [-0.39, 0.29) is 23.5 Å². The lowest BCUT2D eigenvalue weighted by Crippen LogP contribution is -2.42. The standard InChI is InChI=1S/C31H47N4O11P/c1-4-5-6-7-8-9-10-11-12-13-20(15-24(38)39)25-19(3)18(2)14-21-26(25)32-27-29(33-31(42)34-30(27)41)35(21)16-22(36)28(40)23(37)17-46-47(43,44)45/h14,20,22-23,28,36-37,40H,4-13,15-17H2,1-3H3,(H,38,39)(H,34,41,42)(H2,43,44,45). The molecule has 0 bridgehead atoms. The van der Waals surface area contributed by atoms with Gasteiger partial charge in [-0.3, -0.25) is 19.1 Å². The number of carbonyl (C=O) groups is 1. The molecule has 47 heavy (non-hydrogen) atoms. The molecule has 1 aromatic carbocycles. The van der Waals surface area contributed by atoms with Gasteiger partial charge in [-0.1, -0.05) is 64.7 Å². The summed E-state index contributed by atoms with van der Waals surface area (Å²) in [5, 5.41) is 41.6. The van der Waals surface area contributed by atoms with E-state index < -0.39 is 62.4 Å². The number of aryl methyl sites for hydroxylation is 1. The summed E-state index contributed by atoms with van der Waals surface area (Å²) in [5.74, 6) is -1.71. The Balaban J connectivity index is 2.05. The van der Waals surface area contributed by atoms with Crippen molar-refractivity contribution in [1.29, 1.82) is 0 Å². The number of aliphatic hydroxyl groups excluding tert-OH is 3. The zero-order valence-corrected chi connectivity index (χ0v) is 28.0. The molecule has 0 fully saturated rings. The lowest BCUT2D eigenvalue weighted by Gasteiger charge is -2.27. The maximum Gasteiger partial charge on any atom is 0.469 e. The first-order chi connectivity index (χ1) is 22.1. The first-order valence-corrected chi connectivity index (χ1v) is 17.6. The number of hydrogen-bond donors (Lipinski definition) is 7. The molecule has 0 aromatic heterocycles. The van der Waals surface area contributed by atoms with E-state index in [9.17, 15) is 39.4 Å². The number of aliphatic hydroxyl groups is 3. The van der Waals surface area contributed by atoms with Gasteiger partial charge in [0.05, 0.1) is 30.6 Å². The molecule has 2 aliphatic rings. The number of hydrogen-bond acceptors (Lipinski definition) is 10. The molecule has 262 valence electrons. The molecule has 15 nitrogen and oxygen atoms in total. The predicted octanol–water partition coefficient (Wildman–Crippen LogP) is 2.87. The largest absolute Gasteiger partial charge is 0.481 e. The average Bonchev–Trinajstić information content (AvgIpc) is 2.99. The minimum Gasteiger partial charge on any atom is -0.481 e. The van der Waals surface area contributed by atoms with Gasteiger partial charge in [0.1, 0.15) is 18.3 Å². The molecule has 2 heterocycles. The van der Waals surface area contributed by atoms with E-state index in [1.54, 1.807) is 6.07 Å². The summed E-state index contributed by atoms with van der Waals surface area (Å²) in [6.07, 6.45) is 4.53. The van der Waals surface area contributed by atoms with Crippen molar-refractivity contribution in [3.05, 3.63) is 43.6 Å². The van der Waals surface area contributed by atoms with Crippen LogP contribution < -0.4 is 11.2 Å². The minimum atomic E-state index is -4.98. The Kier molecular flexibility index (Phi) is 14.2. The third kappa shape index (κ3) is 10.7. The van der Waals surface area contributed by atoms with Gasteiger partial charge in [-0.15, -0.1) is 0 Å². The fourth-order valence-corrected chi connectivity index (χ4v) is 6.30. The molecule has 0 aliphatic carbocycles. The summed E-state index contributed by atoms with van der Waals surface area (Å²) < 4.78 is 16.6. The van der Waals surface area contributed by atoms with Crippen LogP contribution in [-0.2, 0) is 20.4 Å². The number of aliphatic carboxylic acids is 1. The number of aromatic amines is 1. The number of phosphoric acid groups is 1. The van der Waals surface area contributed by atoms with Gasteiger partial charge in [0.2, 0.25) is 0 Å². The molecular weight excluding hydrogens is 635 g/mol. The molecule has 2 aliphatic heterocycles. The number of unbranched alkanes of at least 4 members (excludes halogenated alkanes) is 8. The number of fused-ring (bicyclic) bond motifs is 2. The third-order valence-corrected chi connectivity index (χ3v) is 9.01. The second kappa shape index (κ2) is 17.4. The van der Waals surface area contributed by atoms with Crippen molar-refractivity contribution in [3.8, 4) is 11.5 Å². The van der Waals surface area contributed by atoms with Crippen molar-refractivity contribution in [3.63, 3.8) is 0 Å². The molecule has 16 heteroatoms. The summed E-state index contributed by atoms with van der Waals surface area (Å²) in [5.41, 5.74) is 0.567. The third-order valence-electron chi connectivity index (χ3n) is 8.53. The van der Waals surface area contributed by atoms with E-state index >= 15 is 0 Å². The Morgan fingerprint density at radius 1 is 0.979 bits per heavy atom. The van der Waals surface area contributed by atoms with Crippen LogP contribution in [0.3, 0.4) is 0 Å². The minimum absolute atomic E-state index is 0.197. The molecule has 7 N–H and O–H groups in total. The number of phosphoric ester groups is 1. The summed E-state index contributed by atoms with van der Waals surface area (Å²) in [6, 6.07) is 1.69. The highest BCUT2D eigenvalue weighted by atomic mass is 31.2. The first-order valence-electron chi connectivity index (χ1n) is 16.0. The van der Waals surface area contributed by atoms with Crippen LogP contribution >= 0.6 is 7.82 Å². The van der Waals surface area contributed by atoms with Crippen molar-refractivity contribution >= 4 is 24.8 Å². The fraction of sp³-hybridized carbons (Fsp3) is 0.645. The number of carboxylic acids is 1. The number of aromatic nitrogens is 4. The number of H-pyrrole nitrogens is 1. The molecule has 4 unspecified atom stereocenters. The second-order valence-electron chi connectivity index (χ2n) is 12.2. The van der Waals surface area contributed by atoms with E-state index in [0.29, 0.717) is 17.5 Å². The first kappa shape index (κ1) is 38.4. The zero-order valence-electron chi connectivity index (χ0n) is 27.1. The molecule has 3 rings (SSSR count). The number of nitrogens with one attached hydrogen (secondary N) is 1. The molecule has 0 saturated carbocycles. The quantitative estimate of drug-likeness (QED) is 0.0515. The number of nitrogens with zero attached hydrogens (tertiary/aromatic N) is 3. The lowest BCUT2D eigenvalue weighted by molar-refractivity contribution is -0.137. The Hall–Kier alpha value is -3.04.